The number of benzene rings is 2. The Hall–Kier alpha value is -1.85. The summed E-state index contributed by atoms with van der Waals surface area (Å²) in [5.41, 5.74) is 1.14. The van der Waals surface area contributed by atoms with Crippen molar-refractivity contribution in [3.05, 3.63) is 48.0 Å². The molecule has 1 fully saturated rings. The third-order valence-corrected chi connectivity index (χ3v) is 4.80. The summed E-state index contributed by atoms with van der Waals surface area (Å²) < 4.78 is 0. The molecule has 0 spiro atoms. The van der Waals surface area contributed by atoms with Crippen molar-refractivity contribution < 1.29 is 0 Å². The molecule has 0 radical (unpaired) electrons. The van der Waals surface area contributed by atoms with Crippen molar-refractivity contribution in [2.24, 2.45) is 0 Å². The number of fused-ring (bicyclic) bond motifs is 1. The monoisotopic (exact) mass is 278 g/mol. The van der Waals surface area contributed by atoms with Gasteiger partial charge in [-0.3, -0.25) is 4.90 Å². The van der Waals surface area contributed by atoms with Crippen molar-refractivity contribution in [3.63, 3.8) is 0 Å². The summed E-state index contributed by atoms with van der Waals surface area (Å²) in [6.45, 7) is 0. The van der Waals surface area contributed by atoms with E-state index in [1.54, 1.807) is 0 Å². The lowest BCUT2D eigenvalue weighted by atomic mass is 9.91. The van der Waals surface area contributed by atoms with E-state index in [1.807, 2.05) is 0 Å². The standard InChI is InChI=1S/C19H22N2/c1-21(16-10-3-2-4-11-16)19(14-20)18-13-7-9-15-8-5-6-12-17(15)18/h5-9,12-13,16,19H,2-4,10-11H2,1H3. The normalized spacial score (nSPS) is 17.8. The minimum absolute atomic E-state index is 0.154. The van der Waals surface area contributed by atoms with Crippen LogP contribution in [0.2, 0.25) is 0 Å². The van der Waals surface area contributed by atoms with E-state index in [-0.39, 0.29) is 6.04 Å². The van der Waals surface area contributed by atoms with Crippen molar-refractivity contribution in [2.45, 2.75) is 44.2 Å². The van der Waals surface area contributed by atoms with E-state index < -0.39 is 0 Å². The smallest absolute Gasteiger partial charge is 0.124 e. The molecule has 108 valence electrons. The Labute approximate surface area is 127 Å². The molecule has 2 nitrogen and oxygen atoms in total. The van der Waals surface area contributed by atoms with Gasteiger partial charge in [0.25, 0.3) is 0 Å². The zero-order valence-electron chi connectivity index (χ0n) is 12.6. The van der Waals surface area contributed by atoms with Gasteiger partial charge in [-0.1, -0.05) is 61.7 Å². The molecule has 2 heteroatoms. The average Bonchev–Trinajstić information content (AvgIpc) is 2.56. The van der Waals surface area contributed by atoms with Crippen LogP contribution in [-0.2, 0) is 0 Å². The fourth-order valence-electron chi connectivity index (χ4n) is 3.57. The number of hydrogen-bond donors (Lipinski definition) is 0. The van der Waals surface area contributed by atoms with Crippen LogP contribution in [0.3, 0.4) is 0 Å². The van der Waals surface area contributed by atoms with Gasteiger partial charge in [-0.2, -0.15) is 5.26 Å². The van der Waals surface area contributed by atoms with Crippen LogP contribution in [0.15, 0.2) is 42.5 Å². The molecule has 1 aliphatic carbocycles. The molecule has 21 heavy (non-hydrogen) atoms. The Morgan fingerprint density at radius 3 is 2.52 bits per heavy atom. The Kier molecular flexibility index (Phi) is 4.22. The first-order chi connectivity index (χ1) is 10.3. The summed E-state index contributed by atoms with van der Waals surface area (Å²) in [5.74, 6) is 0. The van der Waals surface area contributed by atoms with Gasteiger partial charge in [0.05, 0.1) is 6.07 Å². The lowest BCUT2D eigenvalue weighted by Crippen LogP contribution is -2.36. The second-order valence-corrected chi connectivity index (χ2v) is 6.06. The first-order valence-corrected chi connectivity index (χ1v) is 7.90. The quantitative estimate of drug-likeness (QED) is 0.815. The maximum Gasteiger partial charge on any atom is 0.124 e. The van der Waals surface area contributed by atoms with Gasteiger partial charge in [0, 0.05) is 6.04 Å². The maximum atomic E-state index is 9.75. The second kappa shape index (κ2) is 6.28. The van der Waals surface area contributed by atoms with Crippen molar-refractivity contribution in [1.29, 1.82) is 5.26 Å². The predicted molar refractivity (Wildman–Crippen MR) is 86.9 cm³/mol. The molecule has 2 aromatic rings. The zero-order chi connectivity index (χ0) is 14.7. The van der Waals surface area contributed by atoms with E-state index in [0.29, 0.717) is 6.04 Å². The fourth-order valence-corrected chi connectivity index (χ4v) is 3.57. The summed E-state index contributed by atoms with van der Waals surface area (Å²) in [7, 11) is 2.12. The summed E-state index contributed by atoms with van der Waals surface area (Å²) in [6, 6.07) is 17.6. The summed E-state index contributed by atoms with van der Waals surface area (Å²) in [6.07, 6.45) is 6.38. The average molecular weight is 278 g/mol. The number of hydrogen-bond acceptors (Lipinski definition) is 2. The molecule has 1 atom stereocenters. The van der Waals surface area contributed by atoms with Crippen LogP contribution in [-0.4, -0.2) is 18.0 Å². The molecule has 0 aromatic heterocycles. The van der Waals surface area contributed by atoms with Crippen LogP contribution < -0.4 is 0 Å². The Morgan fingerprint density at radius 2 is 1.76 bits per heavy atom. The van der Waals surface area contributed by atoms with Gasteiger partial charge < -0.3 is 0 Å². The van der Waals surface area contributed by atoms with Gasteiger partial charge >= 0.3 is 0 Å². The van der Waals surface area contributed by atoms with Crippen molar-refractivity contribution >= 4 is 10.8 Å². The van der Waals surface area contributed by atoms with Gasteiger partial charge in [-0.15, -0.1) is 0 Å². The van der Waals surface area contributed by atoms with E-state index in [4.69, 9.17) is 0 Å². The highest BCUT2D eigenvalue weighted by molar-refractivity contribution is 5.86. The van der Waals surface area contributed by atoms with E-state index in [2.05, 4.69) is 60.5 Å². The molecule has 2 aromatic carbocycles. The van der Waals surface area contributed by atoms with Crippen molar-refractivity contribution in [3.8, 4) is 6.07 Å². The Bertz CT molecular complexity index is 645. The van der Waals surface area contributed by atoms with Gasteiger partial charge in [-0.25, -0.2) is 0 Å². The molecule has 0 N–H and O–H groups in total. The van der Waals surface area contributed by atoms with Crippen LogP contribution >= 0.6 is 0 Å². The predicted octanol–water partition coefficient (Wildman–Crippen LogP) is 4.67. The second-order valence-electron chi connectivity index (χ2n) is 6.06. The molecule has 0 amide bonds. The highest BCUT2D eigenvalue weighted by Crippen LogP contribution is 2.32. The molecular weight excluding hydrogens is 256 g/mol. The molecular formula is C19H22N2. The molecule has 1 saturated carbocycles. The number of rotatable bonds is 3. The van der Waals surface area contributed by atoms with E-state index in [1.165, 1.54) is 42.9 Å². The summed E-state index contributed by atoms with van der Waals surface area (Å²) in [5, 5.41) is 12.2. The van der Waals surface area contributed by atoms with Gasteiger partial charge in [-0.05, 0) is 36.2 Å². The molecule has 0 aliphatic heterocycles. The molecule has 1 aliphatic rings. The van der Waals surface area contributed by atoms with Gasteiger partial charge in [0.1, 0.15) is 6.04 Å². The van der Waals surface area contributed by atoms with E-state index in [0.717, 1.165) is 5.56 Å². The molecule has 0 bridgehead atoms. The SMILES string of the molecule is CN(C1CCCCC1)C(C#N)c1cccc2ccccc12. The highest BCUT2D eigenvalue weighted by Gasteiger charge is 2.26. The van der Waals surface area contributed by atoms with Crippen LogP contribution in [0, 0.1) is 11.3 Å². The number of nitrogens with zero attached hydrogens (tertiary/aromatic N) is 2. The summed E-state index contributed by atoms with van der Waals surface area (Å²) >= 11 is 0. The zero-order valence-corrected chi connectivity index (χ0v) is 12.6. The highest BCUT2D eigenvalue weighted by atomic mass is 15.2. The van der Waals surface area contributed by atoms with Crippen LogP contribution in [0.1, 0.15) is 43.7 Å². The van der Waals surface area contributed by atoms with E-state index in [9.17, 15) is 5.26 Å². The molecule has 3 rings (SSSR count). The Balaban J connectivity index is 1.96. The van der Waals surface area contributed by atoms with Gasteiger partial charge in [0.2, 0.25) is 0 Å². The van der Waals surface area contributed by atoms with Crippen LogP contribution in [0.25, 0.3) is 10.8 Å². The Morgan fingerprint density at radius 1 is 1.05 bits per heavy atom. The number of nitriles is 1. The topological polar surface area (TPSA) is 27.0 Å². The largest absolute Gasteiger partial charge is 0.284 e. The first kappa shape index (κ1) is 14.1. The summed E-state index contributed by atoms with van der Waals surface area (Å²) in [4.78, 5) is 2.29. The van der Waals surface area contributed by atoms with Crippen LogP contribution in [0.4, 0.5) is 0 Å². The first-order valence-electron chi connectivity index (χ1n) is 7.90. The lowest BCUT2D eigenvalue weighted by Gasteiger charge is -2.34. The third kappa shape index (κ3) is 2.80. The van der Waals surface area contributed by atoms with Crippen molar-refractivity contribution in [1.82, 2.24) is 4.90 Å². The van der Waals surface area contributed by atoms with Crippen molar-refractivity contribution in [2.75, 3.05) is 7.05 Å². The third-order valence-electron chi connectivity index (χ3n) is 4.80. The maximum absolute atomic E-state index is 9.75. The van der Waals surface area contributed by atoms with Gasteiger partial charge in [0.15, 0.2) is 0 Å². The molecule has 0 heterocycles. The molecule has 0 saturated heterocycles. The minimum Gasteiger partial charge on any atom is -0.284 e. The minimum atomic E-state index is -0.154. The fraction of sp³-hybridized carbons (Fsp3) is 0.421. The lowest BCUT2D eigenvalue weighted by molar-refractivity contribution is 0.165. The molecule has 1 unspecified atom stereocenters. The van der Waals surface area contributed by atoms with Crippen LogP contribution in [0.5, 0.6) is 0 Å². The van der Waals surface area contributed by atoms with E-state index >= 15 is 0 Å².